The van der Waals surface area contributed by atoms with E-state index in [2.05, 4.69) is 4.98 Å². The Morgan fingerprint density at radius 3 is 2.89 bits per heavy atom. The van der Waals surface area contributed by atoms with Crippen LogP contribution < -0.4 is 5.73 Å². The maximum absolute atomic E-state index is 12.7. The summed E-state index contributed by atoms with van der Waals surface area (Å²) in [5.41, 5.74) is 5.88. The molecule has 0 saturated carbocycles. The molecule has 0 amide bonds. The van der Waals surface area contributed by atoms with Gasteiger partial charge in [-0.05, 0) is 25.0 Å². The third kappa shape index (κ3) is 2.01. The maximum atomic E-state index is 12.7. The number of nitrogens with two attached hydrogens (primary N) is 1. The minimum absolute atomic E-state index is 0.310. The number of hydrogen-bond acceptors (Lipinski definition) is 4. The van der Waals surface area contributed by atoms with Crippen LogP contribution in [0.2, 0.25) is 0 Å². The molecule has 0 bridgehead atoms. The topological polar surface area (TPSA) is 76.3 Å². The van der Waals surface area contributed by atoms with Crippen LogP contribution in [0.1, 0.15) is 12.8 Å². The molecule has 3 rings (SSSR count). The van der Waals surface area contributed by atoms with E-state index in [4.69, 9.17) is 5.73 Å². The van der Waals surface area contributed by atoms with Crippen molar-refractivity contribution in [2.24, 2.45) is 5.73 Å². The molecule has 6 heteroatoms. The molecule has 1 aliphatic heterocycles. The van der Waals surface area contributed by atoms with Crippen LogP contribution in [0.5, 0.6) is 0 Å². The zero-order valence-corrected chi connectivity index (χ0v) is 11.2. The molecule has 1 aliphatic rings. The fourth-order valence-corrected chi connectivity index (χ4v) is 4.31. The van der Waals surface area contributed by atoms with Crippen molar-refractivity contribution in [1.82, 2.24) is 9.29 Å². The smallest absolute Gasteiger partial charge is 0.245 e. The molecule has 0 aliphatic carbocycles. The summed E-state index contributed by atoms with van der Waals surface area (Å²) >= 11 is 0. The Balaban J connectivity index is 2.19. The minimum atomic E-state index is -3.53. The lowest BCUT2D eigenvalue weighted by Crippen LogP contribution is -2.40. The number of benzene rings is 1. The maximum Gasteiger partial charge on any atom is 0.245 e. The van der Waals surface area contributed by atoms with Crippen molar-refractivity contribution in [2.75, 3.05) is 6.54 Å². The van der Waals surface area contributed by atoms with Crippen LogP contribution in [-0.4, -0.2) is 30.4 Å². The molecule has 2 N–H and O–H groups in total. The van der Waals surface area contributed by atoms with Crippen molar-refractivity contribution >= 4 is 20.8 Å². The highest BCUT2D eigenvalue weighted by molar-refractivity contribution is 7.89. The minimum Gasteiger partial charge on any atom is -0.315 e. The Labute approximate surface area is 112 Å². The zero-order chi connectivity index (χ0) is 13.5. The van der Waals surface area contributed by atoms with E-state index in [0.29, 0.717) is 23.2 Å². The van der Waals surface area contributed by atoms with Crippen LogP contribution in [0.4, 0.5) is 0 Å². The van der Waals surface area contributed by atoms with E-state index in [-0.39, 0.29) is 0 Å². The summed E-state index contributed by atoms with van der Waals surface area (Å²) in [6, 6.07) is 6.94. The van der Waals surface area contributed by atoms with Gasteiger partial charge in [-0.15, -0.1) is 0 Å². The first-order chi connectivity index (χ1) is 9.10. The Kier molecular flexibility index (Phi) is 3.00. The quantitative estimate of drug-likeness (QED) is 0.897. The SMILES string of the molecule is NC1CCCN1S(=O)(=O)c1cccc2cnccc12. The molecule has 0 spiro atoms. The van der Waals surface area contributed by atoms with E-state index in [1.807, 2.05) is 6.07 Å². The number of pyridine rings is 1. The largest absolute Gasteiger partial charge is 0.315 e. The van der Waals surface area contributed by atoms with Crippen LogP contribution in [-0.2, 0) is 10.0 Å². The van der Waals surface area contributed by atoms with Gasteiger partial charge in [0.2, 0.25) is 10.0 Å². The van der Waals surface area contributed by atoms with Crippen LogP contribution in [0, 0.1) is 0 Å². The van der Waals surface area contributed by atoms with Gasteiger partial charge < -0.3 is 5.73 Å². The van der Waals surface area contributed by atoms with Crippen molar-refractivity contribution in [3.8, 4) is 0 Å². The van der Waals surface area contributed by atoms with Crippen molar-refractivity contribution < 1.29 is 8.42 Å². The van der Waals surface area contributed by atoms with Gasteiger partial charge in [-0.2, -0.15) is 4.31 Å². The van der Waals surface area contributed by atoms with Gasteiger partial charge in [0.15, 0.2) is 0 Å². The van der Waals surface area contributed by atoms with Gasteiger partial charge in [-0.1, -0.05) is 12.1 Å². The van der Waals surface area contributed by atoms with Gasteiger partial charge in [0.1, 0.15) is 0 Å². The molecule has 100 valence electrons. The fraction of sp³-hybridized carbons (Fsp3) is 0.308. The van der Waals surface area contributed by atoms with Gasteiger partial charge >= 0.3 is 0 Å². The number of fused-ring (bicyclic) bond motifs is 1. The molecule has 1 atom stereocenters. The Morgan fingerprint density at radius 2 is 2.16 bits per heavy atom. The predicted octanol–water partition coefficient (Wildman–Crippen LogP) is 1.30. The standard InChI is InChI=1S/C13H15N3O2S/c14-13-5-2-8-16(13)19(17,18)12-4-1-3-10-9-15-7-6-11(10)12/h1,3-4,6-7,9,13H,2,5,8,14H2. The van der Waals surface area contributed by atoms with Gasteiger partial charge in [-0.3, -0.25) is 4.98 Å². The summed E-state index contributed by atoms with van der Waals surface area (Å²) in [7, 11) is -3.53. The molecule has 5 nitrogen and oxygen atoms in total. The van der Waals surface area contributed by atoms with Crippen LogP contribution in [0.15, 0.2) is 41.6 Å². The van der Waals surface area contributed by atoms with E-state index in [1.165, 1.54) is 4.31 Å². The predicted molar refractivity (Wildman–Crippen MR) is 72.8 cm³/mol. The van der Waals surface area contributed by atoms with Crippen molar-refractivity contribution in [2.45, 2.75) is 23.9 Å². The summed E-state index contributed by atoms with van der Waals surface area (Å²) < 4.78 is 26.8. The van der Waals surface area contributed by atoms with E-state index < -0.39 is 16.2 Å². The fourth-order valence-electron chi connectivity index (χ4n) is 2.51. The molecule has 0 radical (unpaired) electrons. The summed E-state index contributed by atoms with van der Waals surface area (Å²) in [6.07, 6.45) is 4.38. The molecule has 1 fully saturated rings. The molecule has 2 aromatic rings. The molecule has 1 aromatic heterocycles. The second-order valence-corrected chi connectivity index (χ2v) is 6.54. The highest BCUT2D eigenvalue weighted by atomic mass is 32.2. The zero-order valence-electron chi connectivity index (χ0n) is 10.4. The molecule has 19 heavy (non-hydrogen) atoms. The van der Waals surface area contributed by atoms with Gasteiger partial charge in [0.25, 0.3) is 0 Å². The number of aromatic nitrogens is 1. The Hall–Kier alpha value is -1.50. The first kappa shape index (κ1) is 12.5. The first-order valence-electron chi connectivity index (χ1n) is 6.21. The van der Waals surface area contributed by atoms with E-state index in [1.54, 1.807) is 30.6 Å². The second-order valence-electron chi connectivity index (χ2n) is 4.68. The normalized spacial score (nSPS) is 21.0. The third-order valence-electron chi connectivity index (χ3n) is 3.48. The molecule has 1 saturated heterocycles. The molecule has 1 unspecified atom stereocenters. The number of rotatable bonds is 2. The second kappa shape index (κ2) is 4.56. The van der Waals surface area contributed by atoms with Crippen LogP contribution >= 0.6 is 0 Å². The van der Waals surface area contributed by atoms with Gasteiger partial charge in [0.05, 0.1) is 11.1 Å². The van der Waals surface area contributed by atoms with Gasteiger partial charge in [-0.25, -0.2) is 8.42 Å². The van der Waals surface area contributed by atoms with Gasteiger partial charge in [0, 0.05) is 29.7 Å². The molecular formula is C13H15N3O2S. The van der Waals surface area contributed by atoms with Crippen molar-refractivity contribution in [1.29, 1.82) is 0 Å². The highest BCUT2D eigenvalue weighted by Crippen LogP contribution is 2.28. The average Bonchev–Trinajstić information content (AvgIpc) is 2.85. The summed E-state index contributed by atoms with van der Waals surface area (Å²) in [6.45, 7) is 0.491. The van der Waals surface area contributed by atoms with E-state index in [9.17, 15) is 8.42 Å². The Bertz CT molecular complexity index is 709. The third-order valence-corrected chi connectivity index (χ3v) is 5.46. The Morgan fingerprint density at radius 1 is 1.32 bits per heavy atom. The lowest BCUT2D eigenvalue weighted by Gasteiger charge is -2.21. The lowest BCUT2D eigenvalue weighted by atomic mass is 10.2. The molecule has 1 aromatic carbocycles. The monoisotopic (exact) mass is 277 g/mol. The summed E-state index contributed by atoms with van der Waals surface area (Å²) in [5.74, 6) is 0. The van der Waals surface area contributed by atoms with E-state index >= 15 is 0 Å². The highest BCUT2D eigenvalue weighted by Gasteiger charge is 2.33. The van der Waals surface area contributed by atoms with E-state index in [0.717, 1.165) is 11.8 Å². The van der Waals surface area contributed by atoms with Crippen molar-refractivity contribution in [3.05, 3.63) is 36.7 Å². The average molecular weight is 277 g/mol. The molecule has 2 heterocycles. The lowest BCUT2D eigenvalue weighted by molar-refractivity contribution is 0.396. The number of hydrogen-bond donors (Lipinski definition) is 1. The van der Waals surface area contributed by atoms with Crippen LogP contribution in [0.25, 0.3) is 10.8 Å². The summed E-state index contributed by atoms with van der Waals surface area (Å²) in [4.78, 5) is 4.33. The van der Waals surface area contributed by atoms with Crippen LogP contribution in [0.3, 0.4) is 0 Å². The first-order valence-corrected chi connectivity index (χ1v) is 7.65. The number of nitrogens with zero attached hydrogens (tertiary/aromatic N) is 2. The molecular weight excluding hydrogens is 262 g/mol. The number of sulfonamides is 1. The van der Waals surface area contributed by atoms with Crippen molar-refractivity contribution in [3.63, 3.8) is 0 Å². The summed E-state index contributed by atoms with van der Waals surface area (Å²) in [5, 5.41) is 1.51.